The van der Waals surface area contributed by atoms with Crippen LogP contribution in [0.3, 0.4) is 0 Å². The molecule has 0 fully saturated rings. The summed E-state index contributed by atoms with van der Waals surface area (Å²) in [6.07, 6.45) is 0. The van der Waals surface area contributed by atoms with Gasteiger partial charge in [0.05, 0.1) is 12.3 Å². The topological polar surface area (TPSA) is 41.5 Å². The zero-order valence-corrected chi connectivity index (χ0v) is 11.7. The molecule has 0 bridgehead atoms. The Hall–Kier alpha value is -1.94. The van der Waals surface area contributed by atoms with Gasteiger partial charge in [0, 0.05) is 17.1 Å². The number of para-hydroxylation sites is 1. The first-order valence-corrected chi connectivity index (χ1v) is 6.62. The Morgan fingerprint density at radius 3 is 2.80 bits per heavy atom. The van der Waals surface area contributed by atoms with Crippen LogP contribution in [0, 0.1) is 5.82 Å². The van der Waals surface area contributed by atoms with Crippen molar-refractivity contribution in [1.82, 2.24) is 0 Å². The maximum absolute atomic E-state index is 13.6. The van der Waals surface area contributed by atoms with Crippen LogP contribution in [0.15, 0.2) is 36.4 Å². The first-order valence-electron chi connectivity index (χ1n) is 6.24. The van der Waals surface area contributed by atoms with Crippen molar-refractivity contribution >= 4 is 17.3 Å². The molecule has 0 saturated heterocycles. The van der Waals surface area contributed by atoms with Crippen molar-refractivity contribution in [3.63, 3.8) is 0 Å². The second-order valence-corrected chi connectivity index (χ2v) is 4.61. The lowest BCUT2D eigenvalue weighted by Crippen LogP contribution is -2.02. The number of halogens is 2. The van der Waals surface area contributed by atoms with Gasteiger partial charge in [-0.3, -0.25) is 0 Å². The molecule has 0 aromatic heterocycles. The van der Waals surface area contributed by atoms with Gasteiger partial charge in [-0.1, -0.05) is 23.7 Å². The molecule has 0 aliphatic rings. The predicted octanol–water partition coefficient (Wildman–Crippen LogP) is 4.20. The highest BCUT2D eigenvalue weighted by molar-refractivity contribution is 6.30. The molecule has 0 aliphatic heterocycles. The Morgan fingerprint density at radius 2 is 2.10 bits per heavy atom. The van der Waals surface area contributed by atoms with Crippen LogP contribution in [0.5, 0.6) is 11.5 Å². The Bertz CT molecular complexity index is 604. The number of hydrogen-bond donors (Lipinski definition) is 2. The van der Waals surface area contributed by atoms with Gasteiger partial charge >= 0.3 is 0 Å². The van der Waals surface area contributed by atoms with E-state index in [4.69, 9.17) is 16.3 Å². The first kappa shape index (κ1) is 14.5. The second kappa shape index (κ2) is 6.48. The fraction of sp³-hybridized carbons (Fsp3) is 0.200. The van der Waals surface area contributed by atoms with Crippen molar-refractivity contribution in [2.24, 2.45) is 0 Å². The molecule has 3 nitrogen and oxygen atoms in total. The SMILES string of the molecule is CCOc1cccc(CNc2ccc(Cl)cc2F)c1O. The van der Waals surface area contributed by atoms with Crippen LogP contribution in [0.4, 0.5) is 10.1 Å². The second-order valence-electron chi connectivity index (χ2n) is 4.17. The van der Waals surface area contributed by atoms with Crippen molar-refractivity contribution in [2.75, 3.05) is 11.9 Å². The fourth-order valence-electron chi connectivity index (χ4n) is 1.81. The van der Waals surface area contributed by atoms with E-state index in [9.17, 15) is 9.50 Å². The summed E-state index contributed by atoms with van der Waals surface area (Å²) in [6, 6.07) is 9.61. The maximum atomic E-state index is 13.6. The summed E-state index contributed by atoms with van der Waals surface area (Å²) >= 11 is 5.69. The lowest BCUT2D eigenvalue weighted by Gasteiger charge is -2.12. The van der Waals surface area contributed by atoms with E-state index in [1.165, 1.54) is 6.07 Å². The number of ether oxygens (including phenoxy) is 1. The number of benzene rings is 2. The first-order chi connectivity index (χ1) is 9.61. The monoisotopic (exact) mass is 295 g/mol. The molecule has 0 atom stereocenters. The third kappa shape index (κ3) is 3.33. The van der Waals surface area contributed by atoms with Gasteiger partial charge in [-0.05, 0) is 31.2 Å². The standard InChI is InChI=1S/C15H15ClFNO2/c1-2-20-14-5-3-4-10(15(14)19)9-18-13-7-6-11(16)8-12(13)17/h3-8,18-19H,2,9H2,1H3. The summed E-state index contributed by atoms with van der Waals surface area (Å²) in [4.78, 5) is 0. The molecule has 2 aromatic rings. The molecule has 20 heavy (non-hydrogen) atoms. The smallest absolute Gasteiger partial charge is 0.162 e. The van der Waals surface area contributed by atoms with Gasteiger partial charge in [0.25, 0.3) is 0 Å². The van der Waals surface area contributed by atoms with E-state index in [0.29, 0.717) is 28.6 Å². The molecule has 0 spiro atoms. The number of phenolic OH excluding ortho intramolecular Hbond substituents is 1. The van der Waals surface area contributed by atoms with Gasteiger partial charge in [-0.15, -0.1) is 0 Å². The van der Waals surface area contributed by atoms with Crippen molar-refractivity contribution in [3.8, 4) is 11.5 Å². The molecule has 0 radical (unpaired) electrons. The highest BCUT2D eigenvalue weighted by Crippen LogP contribution is 2.30. The van der Waals surface area contributed by atoms with Crippen LogP contribution in [0.1, 0.15) is 12.5 Å². The average Bonchev–Trinajstić information content (AvgIpc) is 2.42. The van der Waals surface area contributed by atoms with E-state index < -0.39 is 5.82 Å². The fourth-order valence-corrected chi connectivity index (χ4v) is 1.96. The molecular formula is C15H15ClFNO2. The van der Waals surface area contributed by atoms with Crippen LogP contribution in [0.25, 0.3) is 0 Å². The lowest BCUT2D eigenvalue weighted by molar-refractivity contribution is 0.317. The molecular weight excluding hydrogens is 281 g/mol. The summed E-state index contributed by atoms with van der Waals surface area (Å²) < 4.78 is 18.9. The van der Waals surface area contributed by atoms with Gasteiger partial charge in [0.1, 0.15) is 5.82 Å². The number of anilines is 1. The number of nitrogens with one attached hydrogen (secondary N) is 1. The molecule has 0 amide bonds. The number of hydrogen-bond acceptors (Lipinski definition) is 3. The highest BCUT2D eigenvalue weighted by atomic mass is 35.5. The van der Waals surface area contributed by atoms with Crippen LogP contribution < -0.4 is 10.1 Å². The van der Waals surface area contributed by atoms with Crippen molar-refractivity contribution in [1.29, 1.82) is 0 Å². The quantitative estimate of drug-likeness (QED) is 0.869. The summed E-state index contributed by atoms with van der Waals surface area (Å²) in [5, 5.41) is 13.3. The van der Waals surface area contributed by atoms with Crippen molar-refractivity contribution in [2.45, 2.75) is 13.5 Å². The van der Waals surface area contributed by atoms with Crippen LogP contribution in [-0.4, -0.2) is 11.7 Å². The normalized spacial score (nSPS) is 10.3. The average molecular weight is 296 g/mol. The zero-order chi connectivity index (χ0) is 14.5. The van der Waals surface area contributed by atoms with Crippen LogP contribution in [-0.2, 0) is 6.54 Å². The third-order valence-corrected chi connectivity index (χ3v) is 3.02. The Morgan fingerprint density at radius 1 is 1.30 bits per heavy atom. The Kier molecular flexibility index (Phi) is 4.69. The van der Waals surface area contributed by atoms with Gasteiger partial charge in [0.15, 0.2) is 11.5 Å². The molecule has 0 saturated carbocycles. The zero-order valence-electron chi connectivity index (χ0n) is 11.0. The van der Waals surface area contributed by atoms with Gasteiger partial charge in [-0.2, -0.15) is 0 Å². The largest absolute Gasteiger partial charge is 0.504 e. The summed E-state index contributed by atoms with van der Waals surface area (Å²) in [6.45, 7) is 2.59. The van der Waals surface area contributed by atoms with Crippen molar-refractivity contribution in [3.05, 3.63) is 52.8 Å². The van der Waals surface area contributed by atoms with Gasteiger partial charge < -0.3 is 15.2 Å². The molecule has 2 N–H and O–H groups in total. The summed E-state index contributed by atoms with van der Waals surface area (Å²) in [5.74, 6) is 0.0533. The molecule has 106 valence electrons. The third-order valence-electron chi connectivity index (χ3n) is 2.78. The number of aromatic hydroxyl groups is 1. The molecule has 5 heteroatoms. The summed E-state index contributed by atoms with van der Waals surface area (Å²) in [5.41, 5.74) is 0.959. The molecule has 0 unspecified atom stereocenters. The van der Waals surface area contributed by atoms with E-state index in [1.807, 2.05) is 6.92 Å². The summed E-state index contributed by atoms with van der Waals surface area (Å²) in [7, 11) is 0. The number of phenols is 1. The highest BCUT2D eigenvalue weighted by Gasteiger charge is 2.09. The molecule has 0 heterocycles. The van der Waals surface area contributed by atoms with Crippen LogP contribution in [0.2, 0.25) is 5.02 Å². The Labute approximate surface area is 122 Å². The minimum atomic E-state index is -0.432. The molecule has 2 rings (SSSR count). The van der Waals surface area contributed by atoms with E-state index in [2.05, 4.69) is 5.32 Å². The predicted molar refractivity (Wildman–Crippen MR) is 78.0 cm³/mol. The van der Waals surface area contributed by atoms with E-state index >= 15 is 0 Å². The molecule has 2 aromatic carbocycles. The van der Waals surface area contributed by atoms with Crippen molar-refractivity contribution < 1.29 is 14.2 Å². The van der Waals surface area contributed by atoms with E-state index in [-0.39, 0.29) is 12.3 Å². The number of rotatable bonds is 5. The molecule has 0 aliphatic carbocycles. The minimum absolute atomic E-state index is 0.0659. The van der Waals surface area contributed by atoms with Gasteiger partial charge in [0.2, 0.25) is 0 Å². The maximum Gasteiger partial charge on any atom is 0.162 e. The minimum Gasteiger partial charge on any atom is -0.504 e. The van der Waals surface area contributed by atoms with Crippen LogP contribution >= 0.6 is 11.6 Å². The van der Waals surface area contributed by atoms with E-state index in [0.717, 1.165) is 0 Å². The Balaban J connectivity index is 2.12. The van der Waals surface area contributed by atoms with Gasteiger partial charge in [-0.25, -0.2) is 4.39 Å². The lowest BCUT2D eigenvalue weighted by atomic mass is 10.1. The van der Waals surface area contributed by atoms with E-state index in [1.54, 1.807) is 30.3 Å².